The van der Waals surface area contributed by atoms with Crippen molar-refractivity contribution in [2.75, 3.05) is 0 Å². The highest BCUT2D eigenvalue weighted by molar-refractivity contribution is 14.2. The first-order valence-electron chi connectivity index (χ1n) is 4.41. The van der Waals surface area contributed by atoms with Crippen molar-refractivity contribution in [3.63, 3.8) is 0 Å². The number of carboxylic acids is 1. The van der Waals surface area contributed by atoms with Crippen molar-refractivity contribution < 1.29 is 16.0 Å². The van der Waals surface area contributed by atoms with Gasteiger partial charge in [0, 0.05) is 0 Å². The van der Waals surface area contributed by atoms with Crippen LogP contribution in [0.1, 0.15) is 10.4 Å². The molecule has 0 radical (unpaired) electrons. The molecule has 0 aromatic heterocycles. The summed E-state index contributed by atoms with van der Waals surface area (Å²) in [5.41, 5.74) is -0.117. The normalized spacial score (nSPS) is 10.8. The Hall–Kier alpha value is -1.50. The van der Waals surface area contributed by atoms with E-state index in [0.29, 0.717) is 5.39 Å². The molecule has 0 unspecified atom stereocenters. The molecule has 0 amide bonds. The molecule has 0 atom stereocenters. The number of hydrogen-bond donors (Lipinski definition) is 1. The zero-order valence-electron chi connectivity index (χ0n) is 8.01. The minimum absolute atomic E-state index is 0.0598. The van der Waals surface area contributed by atoms with E-state index < -0.39 is 25.8 Å². The van der Waals surface area contributed by atoms with Gasteiger partial charge in [-0.1, -0.05) is 30.3 Å². The summed E-state index contributed by atoms with van der Waals surface area (Å²) in [4.78, 5) is 11.1. The molecule has 82 valence electrons. The monoisotopic (exact) mass is 330 g/mol. The molecule has 0 heterocycles. The Balaban J connectivity index is 2.95. The first kappa shape index (κ1) is 11.0. The molecular weight excluding hydrogens is 323 g/mol. The van der Waals surface area contributed by atoms with Gasteiger partial charge in [0.1, 0.15) is 0 Å². The van der Waals surface area contributed by atoms with Gasteiger partial charge < -0.3 is 5.11 Å². The third-order valence-electron chi connectivity index (χ3n) is 2.26. The van der Waals surface area contributed by atoms with Gasteiger partial charge in [0.25, 0.3) is 0 Å². The molecule has 1 N–H and O–H groups in total. The van der Waals surface area contributed by atoms with Gasteiger partial charge in [-0.2, -0.15) is 0 Å². The predicted octanol–water partition coefficient (Wildman–Crippen LogP) is 2.91. The van der Waals surface area contributed by atoms with E-state index in [1.54, 1.807) is 30.3 Å². The van der Waals surface area contributed by atoms with Crippen molar-refractivity contribution >= 4 is 36.5 Å². The average molecular weight is 330 g/mol. The fourth-order valence-corrected chi connectivity index (χ4v) is 3.03. The molecule has 0 spiro atoms. The lowest BCUT2D eigenvalue weighted by atomic mass is 10.1. The first-order valence-corrected chi connectivity index (χ1v) is 7.25. The second kappa shape index (κ2) is 4.17. The smallest absolute Gasteiger partial charge is 0.341 e. The molecule has 0 aliphatic heterocycles. The highest BCUT2D eigenvalue weighted by atomic mass is 127. The van der Waals surface area contributed by atoms with Gasteiger partial charge in [-0.3, -0.25) is 0 Å². The Bertz CT molecular complexity index is 635. The minimum Gasteiger partial charge on any atom is -0.478 e. The Morgan fingerprint density at radius 2 is 1.75 bits per heavy atom. The molecule has 0 saturated carbocycles. The largest absolute Gasteiger partial charge is 0.478 e. The number of halogens is 1. The van der Waals surface area contributed by atoms with E-state index in [-0.39, 0.29) is 9.13 Å². The number of fused-ring (bicyclic) bond motifs is 1. The van der Waals surface area contributed by atoms with Gasteiger partial charge in [-0.05, 0) is 16.8 Å². The summed E-state index contributed by atoms with van der Waals surface area (Å²) < 4.78 is 22.0. The van der Waals surface area contributed by atoms with Crippen LogP contribution in [0.5, 0.6) is 0 Å². The number of hydrogen-bond acceptors (Lipinski definition) is 3. The summed E-state index contributed by atoms with van der Waals surface area (Å²) >= 11 is -3.78. The number of carbonyl (C=O) groups is 1. The van der Waals surface area contributed by atoms with E-state index >= 15 is 0 Å². The summed E-state index contributed by atoms with van der Waals surface area (Å²) in [6, 6.07) is 9.81. The molecule has 2 rings (SSSR count). The Kier molecular flexibility index (Phi) is 2.86. The molecule has 5 heteroatoms. The minimum atomic E-state index is -3.78. The van der Waals surface area contributed by atoms with Crippen LogP contribution in [0.15, 0.2) is 36.4 Å². The average Bonchev–Trinajstić information content (AvgIpc) is 2.27. The lowest BCUT2D eigenvalue weighted by Gasteiger charge is -2.03. The fraction of sp³-hybridized carbons (Fsp3) is 0. The van der Waals surface area contributed by atoms with Crippen LogP contribution in [-0.4, -0.2) is 11.1 Å². The van der Waals surface area contributed by atoms with Crippen molar-refractivity contribution in [2.45, 2.75) is 0 Å². The first-order chi connectivity index (χ1) is 7.61. The molecule has 0 saturated heterocycles. The van der Waals surface area contributed by atoms with Crippen LogP contribution < -0.4 is 0 Å². The zero-order chi connectivity index (χ0) is 11.7. The van der Waals surface area contributed by atoms with Crippen LogP contribution in [0.2, 0.25) is 0 Å². The third kappa shape index (κ3) is 1.78. The highest BCUT2D eigenvalue weighted by Gasteiger charge is 2.17. The topological polar surface area (TPSA) is 71.4 Å². The van der Waals surface area contributed by atoms with Crippen LogP contribution in [0, 0.1) is 3.57 Å². The molecule has 16 heavy (non-hydrogen) atoms. The standard InChI is InChI=1S/C11H7IO4/c13-11(14)10-8-4-2-1-3-7(8)5-6-9(10)12(15)16/h1-6H,(H,13,14). The van der Waals surface area contributed by atoms with Gasteiger partial charge in [0.15, 0.2) is 0 Å². The van der Waals surface area contributed by atoms with E-state index in [0.717, 1.165) is 5.39 Å². The van der Waals surface area contributed by atoms with Crippen LogP contribution in [0.3, 0.4) is 0 Å². The Morgan fingerprint density at radius 1 is 1.06 bits per heavy atom. The van der Waals surface area contributed by atoms with E-state index in [2.05, 4.69) is 0 Å². The molecule has 0 fully saturated rings. The zero-order valence-corrected chi connectivity index (χ0v) is 10.2. The van der Waals surface area contributed by atoms with Crippen LogP contribution in [0.4, 0.5) is 0 Å². The van der Waals surface area contributed by atoms with Gasteiger partial charge in [0.05, 0.1) is 9.13 Å². The highest BCUT2D eigenvalue weighted by Crippen LogP contribution is 2.28. The van der Waals surface area contributed by atoms with Crippen molar-refractivity contribution in [1.82, 2.24) is 0 Å². The lowest BCUT2D eigenvalue weighted by molar-refractivity contribution is 0.0698. The quantitative estimate of drug-likeness (QED) is 0.860. The summed E-state index contributed by atoms with van der Waals surface area (Å²) in [6.45, 7) is 0. The van der Waals surface area contributed by atoms with Crippen LogP contribution in [0.25, 0.3) is 10.8 Å². The second-order valence-corrected chi connectivity index (χ2v) is 5.57. The van der Waals surface area contributed by atoms with Crippen molar-refractivity contribution in [1.29, 1.82) is 0 Å². The van der Waals surface area contributed by atoms with E-state index in [9.17, 15) is 10.9 Å². The molecule has 0 aliphatic rings. The lowest BCUT2D eigenvalue weighted by Crippen LogP contribution is -2.01. The SMILES string of the molecule is O=C(O)c1c(I(=O)=O)ccc2ccccc12. The van der Waals surface area contributed by atoms with Crippen LogP contribution >= 0.6 is 19.8 Å². The Labute approximate surface area is 98.0 Å². The maximum absolute atomic E-state index is 11.1. The molecular formula is C11H7IO4. The molecule has 4 nitrogen and oxygen atoms in total. The van der Waals surface area contributed by atoms with Gasteiger partial charge in [-0.25, -0.2) is 10.9 Å². The van der Waals surface area contributed by atoms with Crippen molar-refractivity contribution in [2.24, 2.45) is 0 Å². The van der Waals surface area contributed by atoms with Gasteiger partial charge >= 0.3 is 25.8 Å². The maximum Gasteiger partial charge on any atom is 0.341 e. The molecule has 2 aromatic rings. The van der Waals surface area contributed by atoms with Crippen LogP contribution in [-0.2, 0) is 6.14 Å². The van der Waals surface area contributed by atoms with Gasteiger partial charge in [0.2, 0.25) is 0 Å². The van der Waals surface area contributed by atoms with Gasteiger partial charge in [-0.15, -0.1) is 0 Å². The summed E-state index contributed by atoms with van der Waals surface area (Å²) in [5.74, 6) is -1.21. The Morgan fingerprint density at radius 3 is 2.38 bits per heavy atom. The number of aromatic carboxylic acids is 1. The van der Waals surface area contributed by atoms with Crippen molar-refractivity contribution in [3.05, 3.63) is 45.5 Å². The maximum atomic E-state index is 11.1. The molecule has 0 aliphatic carbocycles. The number of benzene rings is 2. The second-order valence-electron chi connectivity index (χ2n) is 3.17. The van der Waals surface area contributed by atoms with E-state index in [1.807, 2.05) is 0 Å². The predicted molar refractivity (Wildman–Crippen MR) is 65.0 cm³/mol. The third-order valence-corrected chi connectivity index (χ3v) is 4.11. The molecule has 2 aromatic carbocycles. The number of carboxylic acid groups (broad SMARTS) is 1. The van der Waals surface area contributed by atoms with E-state index in [4.69, 9.17) is 5.11 Å². The summed E-state index contributed by atoms with van der Waals surface area (Å²) in [7, 11) is 0. The fourth-order valence-electron chi connectivity index (χ4n) is 1.59. The molecule has 0 bridgehead atoms. The number of rotatable bonds is 2. The van der Waals surface area contributed by atoms with Crippen molar-refractivity contribution in [3.8, 4) is 0 Å². The summed E-state index contributed by atoms with van der Waals surface area (Å²) in [5, 5.41) is 10.2. The van der Waals surface area contributed by atoms with E-state index in [1.165, 1.54) is 6.07 Å². The summed E-state index contributed by atoms with van der Waals surface area (Å²) in [6.07, 6.45) is 0.